The third kappa shape index (κ3) is 1.98. The van der Waals surface area contributed by atoms with Gasteiger partial charge in [-0.2, -0.15) is 0 Å². The average Bonchev–Trinajstić information content (AvgIpc) is 2.30. The monoisotopic (exact) mass is 210 g/mol. The smallest absolute Gasteiger partial charge is 0.115 e. The Morgan fingerprint density at radius 1 is 1.00 bits per heavy atom. The van der Waals surface area contributed by atoms with Crippen LogP contribution in [0, 0.1) is 0 Å². The van der Waals surface area contributed by atoms with E-state index in [9.17, 15) is 5.11 Å². The van der Waals surface area contributed by atoms with E-state index in [-0.39, 0.29) is 5.75 Å². The normalized spacial score (nSPS) is 10.1. The molecule has 0 aliphatic heterocycles. The third-order valence-corrected chi connectivity index (χ3v) is 2.57. The first-order valence-electron chi connectivity index (χ1n) is 5.23. The van der Waals surface area contributed by atoms with Gasteiger partial charge in [-0.05, 0) is 35.7 Å². The molecule has 0 aliphatic carbocycles. The van der Waals surface area contributed by atoms with Crippen molar-refractivity contribution >= 4 is 5.57 Å². The lowest BCUT2D eigenvalue weighted by molar-refractivity contribution is 0.475. The van der Waals surface area contributed by atoms with Crippen molar-refractivity contribution in [1.82, 2.24) is 0 Å². The molecule has 2 rings (SSSR count). The van der Waals surface area contributed by atoms with E-state index in [2.05, 4.69) is 18.7 Å². The minimum Gasteiger partial charge on any atom is -0.508 e. The van der Waals surface area contributed by atoms with E-state index < -0.39 is 0 Å². The molecule has 0 aliphatic rings. The number of benzene rings is 2. The topological polar surface area (TPSA) is 20.2 Å². The maximum Gasteiger partial charge on any atom is 0.115 e. The maximum atomic E-state index is 9.26. The highest BCUT2D eigenvalue weighted by Gasteiger charge is 2.04. The van der Waals surface area contributed by atoms with Gasteiger partial charge >= 0.3 is 0 Å². The molecule has 0 bridgehead atoms. The van der Waals surface area contributed by atoms with Crippen LogP contribution in [0.5, 0.6) is 5.75 Å². The molecule has 0 amide bonds. The number of hydrogen-bond acceptors (Lipinski definition) is 1. The van der Waals surface area contributed by atoms with Crippen LogP contribution >= 0.6 is 0 Å². The molecule has 1 nitrogen and oxygen atoms in total. The van der Waals surface area contributed by atoms with E-state index in [0.29, 0.717) is 0 Å². The molecule has 0 spiro atoms. The summed E-state index contributed by atoms with van der Waals surface area (Å²) < 4.78 is 0. The van der Waals surface area contributed by atoms with Crippen molar-refractivity contribution in [2.24, 2.45) is 0 Å². The molecule has 0 saturated heterocycles. The van der Waals surface area contributed by atoms with Gasteiger partial charge in [-0.1, -0.05) is 48.6 Å². The molecule has 0 unspecified atom stereocenters. The molecular weight excluding hydrogens is 196 g/mol. The first kappa shape index (κ1) is 10.5. The Bertz CT molecular complexity index is 509. The average molecular weight is 210 g/mol. The van der Waals surface area contributed by atoms with Gasteiger partial charge in [0.2, 0.25) is 0 Å². The lowest BCUT2D eigenvalue weighted by atomic mass is 9.96. The van der Waals surface area contributed by atoms with Gasteiger partial charge < -0.3 is 5.11 Å². The molecule has 1 heteroatoms. The highest BCUT2D eigenvalue weighted by molar-refractivity contribution is 5.79. The Labute approximate surface area is 95.7 Å². The van der Waals surface area contributed by atoms with Gasteiger partial charge in [-0.25, -0.2) is 0 Å². The third-order valence-electron chi connectivity index (χ3n) is 2.57. The number of hydrogen-bond donors (Lipinski definition) is 1. The second-order valence-electron chi connectivity index (χ2n) is 3.87. The van der Waals surface area contributed by atoms with Crippen LogP contribution in [0.4, 0.5) is 0 Å². The van der Waals surface area contributed by atoms with Crippen LogP contribution in [-0.4, -0.2) is 5.11 Å². The zero-order chi connectivity index (χ0) is 11.5. The molecular formula is C15H14O. The second-order valence-corrected chi connectivity index (χ2v) is 3.87. The van der Waals surface area contributed by atoms with E-state index in [1.54, 1.807) is 12.1 Å². The van der Waals surface area contributed by atoms with Crippen LogP contribution in [0.2, 0.25) is 0 Å². The van der Waals surface area contributed by atoms with Crippen molar-refractivity contribution < 1.29 is 5.11 Å². The van der Waals surface area contributed by atoms with Gasteiger partial charge in [-0.15, -0.1) is 0 Å². The number of phenolic OH excluding ortho intramolecular Hbond substituents is 1. The quantitative estimate of drug-likeness (QED) is 0.791. The first-order chi connectivity index (χ1) is 7.68. The lowest BCUT2D eigenvalue weighted by Crippen LogP contribution is -1.85. The highest BCUT2D eigenvalue weighted by Crippen LogP contribution is 2.28. The Hall–Kier alpha value is -2.02. The fraction of sp³-hybridized carbons (Fsp3) is 0.0667. The second kappa shape index (κ2) is 4.23. The van der Waals surface area contributed by atoms with Gasteiger partial charge in [0.25, 0.3) is 0 Å². The molecule has 0 atom stereocenters. The van der Waals surface area contributed by atoms with Crippen LogP contribution in [-0.2, 0) is 0 Å². The van der Waals surface area contributed by atoms with Gasteiger partial charge in [0, 0.05) is 0 Å². The van der Waals surface area contributed by atoms with Crippen LogP contribution < -0.4 is 0 Å². The number of phenols is 1. The SMILES string of the molecule is C=C(C)c1ccccc1-c1ccc(O)cc1. The summed E-state index contributed by atoms with van der Waals surface area (Å²) in [6.45, 7) is 5.98. The van der Waals surface area contributed by atoms with Crippen LogP contribution in [0.15, 0.2) is 55.1 Å². The molecule has 0 aromatic heterocycles. The zero-order valence-electron chi connectivity index (χ0n) is 9.27. The highest BCUT2D eigenvalue weighted by atomic mass is 16.3. The minimum atomic E-state index is 0.288. The number of allylic oxidation sites excluding steroid dienone is 1. The molecule has 1 N–H and O–H groups in total. The van der Waals surface area contributed by atoms with Gasteiger partial charge in [0.05, 0.1) is 0 Å². The molecule has 0 saturated carbocycles. The molecule has 16 heavy (non-hydrogen) atoms. The summed E-state index contributed by atoms with van der Waals surface area (Å²) in [7, 11) is 0. The predicted octanol–water partition coefficient (Wildman–Crippen LogP) is 4.09. The Morgan fingerprint density at radius 2 is 1.62 bits per heavy atom. The Morgan fingerprint density at radius 3 is 2.25 bits per heavy atom. The van der Waals surface area contributed by atoms with Crippen molar-refractivity contribution in [3.63, 3.8) is 0 Å². The summed E-state index contributed by atoms with van der Waals surface area (Å²) in [5, 5.41) is 9.26. The molecule has 0 fully saturated rings. The first-order valence-corrected chi connectivity index (χ1v) is 5.23. The fourth-order valence-corrected chi connectivity index (χ4v) is 1.75. The lowest BCUT2D eigenvalue weighted by Gasteiger charge is -2.09. The molecule has 80 valence electrons. The summed E-state index contributed by atoms with van der Waals surface area (Å²) in [5.74, 6) is 0.288. The van der Waals surface area contributed by atoms with Crippen molar-refractivity contribution in [3.05, 3.63) is 60.7 Å². The summed E-state index contributed by atoms with van der Waals surface area (Å²) in [4.78, 5) is 0. The minimum absolute atomic E-state index is 0.288. The fourth-order valence-electron chi connectivity index (χ4n) is 1.75. The molecule has 0 heterocycles. The van der Waals surface area contributed by atoms with E-state index in [4.69, 9.17) is 0 Å². The number of rotatable bonds is 2. The summed E-state index contributed by atoms with van der Waals surface area (Å²) in [5.41, 5.74) is 4.43. The Balaban J connectivity index is 2.55. The largest absolute Gasteiger partial charge is 0.508 e. The van der Waals surface area contributed by atoms with Gasteiger partial charge in [0.1, 0.15) is 5.75 Å². The van der Waals surface area contributed by atoms with Crippen molar-refractivity contribution in [1.29, 1.82) is 0 Å². The van der Waals surface area contributed by atoms with E-state index in [1.807, 2.05) is 31.2 Å². The van der Waals surface area contributed by atoms with E-state index >= 15 is 0 Å². The summed E-state index contributed by atoms with van der Waals surface area (Å²) in [6.07, 6.45) is 0. The summed E-state index contributed by atoms with van der Waals surface area (Å²) >= 11 is 0. The van der Waals surface area contributed by atoms with E-state index in [1.165, 1.54) is 0 Å². The van der Waals surface area contributed by atoms with Gasteiger partial charge in [-0.3, -0.25) is 0 Å². The Kier molecular flexibility index (Phi) is 2.78. The van der Waals surface area contributed by atoms with E-state index in [0.717, 1.165) is 22.3 Å². The zero-order valence-corrected chi connectivity index (χ0v) is 9.27. The summed E-state index contributed by atoms with van der Waals surface area (Å²) in [6, 6.07) is 15.4. The van der Waals surface area contributed by atoms with Gasteiger partial charge in [0.15, 0.2) is 0 Å². The number of aromatic hydroxyl groups is 1. The van der Waals surface area contributed by atoms with Crippen LogP contribution in [0.25, 0.3) is 16.7 Å². The maximum absolute atomic E-state index is 9.26. The predicted molar refractivity (Wildman–Crippen MR) is 68.3 cm³/mol. The van der Waals surface area contributed by atoms with Crippen LogP contribution in [0.1, 0.15) is 12.5 Å². The van der Waals surface area contributed by atoms with Crippen molar-refractivity contribution in [3.8, 4) is 16.9 Å². The molecule has 0 radical (unpaired) electrons. The standard InChI is InChI=1S/C15H14O/c1-11(2)14-5-3-4-6-15(14)12-7-9-13(16)10-8-12/h3-10,16H,1H2,2H3. The van der Waals surface area contributed by atoms with Crippen molar-refractivity contribution in [2.45, 2.75) is 6.92 Å². The molecule has 2 aromatic carbocycles. The van der Waals surface area contributed by atoms with Crippen molar-refractivity contribution in [2.75, 3.05) is 0 Å². The van der Waals surface area contributed by atoms with Crippen LogP contribution in [0.3, 0.4) is 0 Å². The molecule has 2 aromatic rings.